The van der Waals surface area contributed by atoms with Gasteiger partial charge in [0.15, 0.2) is 5.75 Å². The fourth-order valence-electron chi connectivity index (χ4n) is 1.91. The molecule has 0 unspecified atom stereocenters. The molecule has 1 heterocycles. The highest BCUT2D eigenvalue weighted by Gasteiger charge is 2.11. The molecule has 0 bridgehead atoms. The first-order valence-corrected chi connectivity index (χ1v) is 7.50. The maximum atomic E-state index is 6.00. The molecule has 20 heavy (non-hydrogen) atoms. The molecule has 0 atom stereocenters. The molecule has 1 aromatic heterocycles. The number of hydrogen-bond donors (Lipinski definition) is 1. The Morgan fingerprint density at radius 1 is 1.05 bits per heavy atom. The van der Waals surface area contributed by atoms with Crippen molar-refractivity contribution in [3.63, 3.8) is 0 Å². The van der Waals surface area contributed by atoms with Crippen molar-refractivity contribution in [1.82, 2.24) is 4.98 Å². The number of rotatable bonds is 2. The van der Waals surface area contributed by atoms with Crippen LogP contribution in [0.5, 0.6) is 11.5 Å². The highest BCUT2D eigenvalue weighted by molar-refractivity contribution is 9.11. The van der Waals surface area contributed by atoms with E-state index in [2.05, 4.69) is 36.8 Å². The van der Waals surface area contributed by atoms with Crippen LogP contribution in [-0.4, -0.2) is 4.98 Å². The number of anilines is 1. The zero-order valence-corrected chi connectivity index (χ0v) is 13.5. The van der Waals surface area contributed by atoms with Crippen molar-refractivity contribution >= 4 is 48.5 Å². The highest BCUT2D eigenvalue weighted by atomic mass is 79.9. The van der Waals surface area contributed by atoms with E-state index in [0.717, 1.165) is 19.8 Å². The average Bonchev–Trinajstić information content (AvgIpc) is 2.44. The van der Waals surface area contributed by atoms with Gasteiger partial charge in [-0.2, -0.15) is 0 Å². The van der Waals surface area contributed by atoms with Gasteiger partial charge in [-0.3, -0.25) is 4.98 Å². The second kappa shape index (κ2) is 5.42. The Hall–Kier alpha value is -1.59. The number of ether oxygens (including phenoxy) is 1. The minimum Gasteiger partial charge on any atom is -0.453 e. The highest BCUT2D eigenvalue weighted by Crippen LogP contribution is 2.37. The normalized spacial score (nSPS) is 10.7. The number of fused-ring (bicyclic) bond motifs is 1. The number of nitrogen functional groups attached to an aromatic ring is 1. The van der Waals surface area contributed by atoms with Crippen LogP contribution in [0, 0.1) is 0 Å². The van der Waals surface area contributed by atoms with Crippen molar-refractivity contribution in [3.05, 3.63) is 57.6 Å². The number of hydrogen-bond acceptors (Lipinski definition) is 3. The molecule has 0 saturated carbocycles. The number of nitrogens with two attached hydrogens (primary N) is 1. The molecule has 2 aromatic carbocycles. The molecular formula is C15H10Br2N2O. The van der Waals surface area contributed by atoms with Gasteiger partial charge in [0.25, 0.3) is 0 Å². The van der Waals surface area contributed by atoms with E-state index in [1.807, 2.05) is 42.5 Å². The third-order valence-corrected chi connectivity index (χ3v) is 3.97. The van der Waals surface area contributed by atoms with Gasteiger partial charge in [-0.25, -0.2) is 0 Å². The molecule has 0 aliphatic rings. The van der Waals surface area contributed by atoms with Crippen LogP contribution in [0.25, 0.3) is 10.9 Å². The van der Waals surface area contributed by atoms with Gasteiger partial charge in [0.2, 0.25) is 0 Å². The van der Waals surface area contributed by atoms with Crippen LogP contribution in [0.4, 0.5) is 5.69 Å². The summed E-state index contributed by atoms with van der Waals surface area (Å²) in [6, 6.07) is 13.5. The van der Waals surface area contributed by atoms with Gasteiger partial charge in [0, 0.05) is 9.86 Å². The van der Waals surface area contributed by atoms with Crippen LogP contribution in [0.15, 0.2) is 57.6 Å². The lowest BCUT2D eigenvalue weighted by molar-refractivity contribution is 0.487. The number of pyridine rings is 1. The van der Waals surface area contributed by atoms with Gasteiger partial charge in [-0.1, -0.05) is 28.1 Å². The third-order valence-electron chi connectivity index (χ3n) is 2.86. The van der Waals surface area contributed by atoms with Gasteiger partial charge < -0.3 is 10.5 Å². The molecular weight excluding hydrogens is 384 g/mol. The van der Waals surface area contributed by atoms with E-state index < -0.39 is 0 Å². The zero-order valence-electron chi connectivity index (χ0n) is 10.3. The molecule has 2 N–H and O–H groups in total. The number of halogens is 2. The van der Waals surface area contributed by atoms with Crippen LogP contribution < -0.4 is 10.5 Å². The lowest BCUT2D eigenvalue weighted by Crippen LogP contribution is -1.95. The Labute approximate surface area is 133 Å². The van der Waals surface area contributed by atoms with Gasteiger partial charge in [0.05, 0.1) is 21.9 Å². The van der Waals surface area contributed by atoms with E-state index in [1.165, 1.54) is 0 Å². The van der Waals surface area contributed by atoms with E-state index >= 15 is 0 Å². The van der Waals surface area contributed by atoms with Gasteiger partial charge in [-0.05, 0) is 46.3 Å². The first kappa shape index (κ1) is 13.4. The smallest absolute Gasteiger partial charge is 0.161 e. The summed E-state index contributed by atoms with van der Waals surface area (Å²) in [5.41, 5.74) is 7.37. The first-order valence-electron chi connectivity index (χ1n) is 5.91. The van der Waals surface area contributed by atoms with Crippen molar-refractivity contribution in [3.8, 4) is 11.5 Å². The van der Waals surface area contributed by atoms with E-state index in [0.29, 0.717) is 17.2 Å². The second-order valence-corrected chi connectivity index (χ2v) is 6.01. The van der Waals surface area contributed by atoms with E-state index in [4.69, 9.17) is 10.5 Å². The van der Waals surface area contributed by atoms with Crippen LogP contribution in [0.1, 0.15) is 0 Å². The summed E-state index contributed by atoms with van der Waals surface area (Å²) in [5.74, 6) is 1.33. The van der Waals surface area contributed by atoms with E-state index in [9.17, 15) is 0 Å². The van der Waals surface area contributed by atoms with E-state index in [1.54, 1.807) is 6.20 Å². The molecule has 0 radical (unpaired) electrons. The van der Waals surface area contributed by atoms with Crippen molar-refractivity contribution in [1.29, 1.82) is 0 Å². The number of aromatic nitrogens is 1. The molecule has 3 rings (SSSR count). The molecule has 0 fully saturated rings. The lowest BCUT2D eigenvalue weighted by atomic mass is 10.2. The maximum absolute atomic E-state index is 6.00. The summed E-state index contributed by atoms with van der Waals surface area (Å²) in [6.45, 7) is 0. The van der Waals surface area contributed by atoms with Gasteiger partial charge in [-0.15, -0.1) is 0 Å². The summed E-state index contributed by atoms with van der Waals surface area (Å²) in [6.07, 6.45) is 1.62. The Morgan fingerprint density at radius 2 is 1.85 bits per heavy atom. The fraction of sp³-hybridized carbons (Fsp3) is 0. The SMILES string of the molecule is Nc1cnc2ccccc2c1Oc1ccc(Br)cc1Br. The van der Waals surface area contributed by atoms with E-state index in [-0.39, 0.29) is 0 Å². The predicted molar refractivity (Wildman–Crippen MR) is 88.1 cm³/mol. The quantitative estimate of drug-likeness (QED) is 0.656. The van der Waals surface area contributed by atoms with Crippen molar-refractivity contribution in [2.24, 2.45) is 0 Å². The van der Waals surface area contributed by atoms with Crippen LogP contribution >= 0.6 is 31.9 Å². The van der Waals surface area contributed by atoms with Gasteiger partial charge >= 0.3 is 0 Å². The standard InChI is InChI=1S/C15H10Br2N2O/c16-9-5-6-14(11(17)7-9)20-15-10-3-1-2-4-13(10)19-8-12(15)18/h1-8H,18H2. The minimum absolute atomic E-state index is 0.513. The summed E-state index contributed by atoms with van der Waals surface area (Å²) in [5, 5.41) is 0.891. The molecule has 0 aliphatic carbocycles. The molecule has 0 spiro atoms. The van der Waals surface area contributed by atoms with Crippen LogP contribution in [-0.2, 0) is 0 Å². The van der Waals surface area contributed by atoms with Crippen molar-refractivity contribution in [2.75, 3.05) is 5.73 Å². The Morgan fingerprint density at radius 3 is 2.65 bits per heavy atom. The second-order valence-electron chi connectivity index (χ2n) is 4.24. The molecule has 3 aromatic rings. The summed E-state index contributed by atoms with van der Waals surface area (Å²) in [4.78, 5) is 4.30. The molecule has 0 amide bonds. The molecule has 100 valence electrons. The Balaban J connectivity index is 2.12. The largest absolute Gasteiger partial charge is 0.453 e. The number of benzene rings is 2. The predicted octanol–water partition coefficient (Wildman–Crippen LogP) is 5.13. The van der Waals surface area contributed by atoms with Crippen LogP contribution in [0.2, 0.25) is 0 Å². The summed E-state index contributed by atoms with van der Waals surface area (Å²) >= 11 is 6.90. The lowest BCUT2D eigenvalue weighted by Gasteiger charge is -2.12. The number of nitrogens with zero attached hydrogens (tertiary/aromatic N) is 1. The molecule has 0 saturated heterocycles. The Bertz CT molecular complexity index is 790. The average molecular weight is 394 g/mol. The molecule has 0 aliphatic heterocycles. The third kappa shape index (κ3) is 2.51. The topological polar surface area (TPSA) is 48.1 Å². The maximum Gasteiger partial charge on any atom is 0.161 e. The Kier molecular flexibility index (Phi) is 3.63. The first-order chi connectivity index (χ1) is 9.65. The monoisotopic (exact) mass is 392 g/mol. The zero-order chi connectivity index (χ0) is 14.1. The van der Waals surface area contributed by atoms with Crippen molar-refractivity contribution < 1.29 is 4.74 Å². The van der Waals surface area contributed by atoms with Crippen molar-refractivity contribution in [2.45, 2.75) is 0 Å². The minimum atomic E-state index is 0.513. The number of para-hydroxylation sites is 1. The van der Waals surface area contributed by atoms with Crippen LogP contribution in [0.3, 0.4) is 0 Å². The van der Waals surface area contributed by atoms with Gasteiger partial charge in [0.1, 0.15) is 5.75 Å². The molecule has 3 nitrogen and oxygen atoms in total. The molecule has 5 heteroatoms. The summed E-state index contributed by atoms with van der Waals surface area (Å²) in [7, 11) is 0. The summed E-state index contributed by atoms with van der Waals surface area (Å²) < 4.78 is 7.81. The fourth-order valence-corrected chi connectivity index (χ4v) is 3.04.